The molecule has 1 aromatic heterocycles. The molecule has 32 heavy (non-hydrogen) atoms. The number of allylic oxidation sites excluding steroid dienone is 1. The van der Waals surface area contributed by atoms with Gasteiger partial charge in [0, 0.05) is 19.2 Å². The van der Waals surface area contributed by atoms with E-state index in [4.69, 9.17) is 4.42 Å². The highest BCUT2D eigenvalue weighted by molar-refractivity contribution is 5.97. The second kappa shape index (κ2) is 8.28. The number of nitrogens with zero attached hydrogens (tertiary/aromatic N) is 3. The molecule has 2 aliphatic heterocycles. The third-order valence-electron chi connectivity index (χ3n) is 6.52. The summed E-state index contributed by atoms with van der Waals surface area (Å²) in [5.74, 6) is 2.22. The second-order valence-corrected chi connectivity index (χ2v) is 8.17. The van der Waals surface area contributed by atoms with Gasteiger partial charge in [-0.15, -0.1) is 0 Å². The number of benzene rings is 3. The van der Waals surface area contributed by atoms with E-state index in [0.29, 0.717) is 0 Å². The molecule has 5 heteroatoms. The molecule has 162 valence electrons. The number of aryl methyl sites for hydroxylation is 1. The van der Waals surface area contributed by atoms with Crippen LogP contribution in [0, 0.1) is 0 Å². The number of halogens is 1. The van der Waals surface area contributed by atoms with Gasteiger partial charge in [-0.1, -0.05) is 36.4 Å². The Bertz CT molecular complexity index is 1380. The zero-order valence-electron chi connectivity index (χ0n) is 18.4. The van der Waals surface area contributed by atoms with Crippen LogP contribution in [0.2, 0.25) is 0 Å². The smallest absolute Gasteiger partial charge is 0.374 e. The van der Waals surface area contributed by atoms with Crippen LogP contribution in [0.3, 0.4) is 0 Å². The minimum absolute atomic E-state index is 0. The van der Waals surface area contributed by atoms with Crippen molar-refractivity contribution in [1.82, 2.24) is 0 Å². The Morgan fingerprint density at radius 1 is 0.938 bits per heavy atom. The van der Waals surface area contributed by atoms with E-state index in [9.17, 15) is 0 Å². The number of hydrogen-bond acceptors (Lipinski definition) is 3. The topological polar surface area (TPSA) is 23.5 Å². The summed E-state index contributed by atoms with van der Waals surface area (Å²) < 4.78 is 8.39. The van der Waals surface area contributed by atoms with Crippen LogP contribution in [-0.2, 0) is 6.54 Å². The highest BCUT2D eigenvalue weighted by Crippen LogP contribution is 2.47. The van der Waals surface area contributed by atoms with Crippen molar-refractivity contribution >= 4 is 39.3 Å². The summed E-state index contributed by atoms with van der Waals surface area (Å²) in [5, 5.41) is 2.60. The van der Waals surface area contributed by atoms with Gasteiger partial charge >= 0.3 is 5.89 Å². The lowest BCUT2D eigenvalue weighted by molar-refractivity contribution is -0.674. The summed E-state index contributed by atoms with van der Waals surface area (Å²) in [6.07, 6.45) is 5.44. The number of rotatable bonds is 4. The van der Waals surface area contributed by atoms with Gasteiger partial charge in [-0.05, 0) is 60.9 Å². The third-order valence-corrected chi connectivity index (χ3v) is 6.52. The second-order valence-electron chi connectivity index (χ2n) is 8.17. The summed E-state index contributed by atoms with van der Waals surface area (Å²) in [4.78, 5) is 4.94. The van der Waals surface area contributed by atoms with E-state index in [1.165, 1.54) is 33.5 Å². The highest BCUT2D eigenvalue weighted by atomic mass is 127. The Morgan fingerprint density at radius 3 is 2.41 bits per heavy atom. The van der Waals surface area contributed by atoms with E-state index in [2.05, 4.69) is 88.9 Å². The molecule has 3 heterocycles. The molecule has 0 N–H and O–H groups in total. The molecule has 2 aliphatic rings. The fraction of sp³-hybridized carbons (Fsp3) is 0.222. The first kappa shape index (κ1) is 21.1. The zero-order valence-corrected chi connectivity index (χ0v) is 20.5. The first-order valence-corrected chi connectivity index (χ1v) is 11.2. The van der Waals surface area contributed by atoms with Gasteiger partial charge < -0.3 is 38.2 Å². The van der Waals surface area contributed by atoms with E-state index in [1.54, 1.807) is 0 Å². The van der Waals surface area contributed by atoms with Crippen LogP contribution in [0.15, 0.2) is 82.6 Å². The first-order chi connectivity index (χ1) is 15.3. The Balaban J connectivity index is 0.00000216. The van der Waals surface area contributed by atoms with Crippen LogP contribution in [-0.4, -0.2) is 13.1 Å². The van der Waals surface area contributed by atoms with Crippen molar-refractivity contribution in [3.8, 4) is 0 Å². The van der Waals surface area contributed by atoms with Crippen molar-refractivity contribution in [3.05, 3.63) is 84.0 Å². The molecule has 4 nitrogen and oxygen atoms in total. The minimum atomic E-state index is 0. The molecule has 6 rings (SSSR count). The van der Waals surface area contributed by atoms with Crippen LogP contribution in [0.1, 0.15) is 26.2 Å². The van der Waals surface area contributed by atoms with Crippen LogP contribution in [0.4, 0.5) is 11.4 Å². The van der Waals surface area contributed by atoms with E-state index in [1.807, 2.05) is 12.1 Å². The van der Waals surface area contributed by atoms with Gasteiger partial charge in [0.15, 0.2) is 0 Å². The maximum absolute atomic E-state index is 6.15. The molecule has 0 amide bonds. The molecule has 3 aromatic carbocycles. The zero-order chi connectivity index (χ0) is 20.9. The Kier molecular flexibility index (Phi) is 5.45. The van der Waals surface area contributed by atoms with Gasteiger partial charge in [-0.2, -0.15) is 4.57 Å². The lowest BCUT2D eigenvalue weighted by Crippen LogP contribution is -3.00. The number of fused-ring (bicyclic) bond motifs is 5. The molecule has 0 unspecified atom stereocenters. The molecule has 0 saturated heterocycles. The van der Waals surface area contributed by atoms with Crippen molar-refractivity contribution in [2.24, 2.45) is 0 Å². The first-order valence-electron chi connectivity index (χ1n) is 11.2. The summed E-state index contributed by atoms with van der Waals surface area (Å²) in [5.41, 5.74) is 6.08. The van der Waals surface area contributed by atoms with Crippen LogP contribution < -0.4 is 38.3 Å². The quantitative estimate of drug-likeness (QED) is 0.297. The number of oxazole rings is 1. The standard InChI is InChI=1S/C27H26N3O.HI/c1-3-28-22-11-7-8-12-25(22)31-26(28)14-13-19-15-16-30-24-18-21-10-6-5-9-20(21)17-23(24)29(4-2)27(19)30;/h5-14,17-18H,3-4,15-16H2,1-2H3;1H/q+1;/p-1. The largest absolute Gasteiger partial charge is 1.00 e. The highest BCUT2D eigenvalue weighted by Gasteiger charge is 2.36. The van der Waals surface area contributed by atoms with Crippen molar-refractivity contribution in [1.29, 1.82) is 0 Å². The monoisotopic (exact) mass is 535 g/mol. The molecule has 0 saturated carbocycles. The molecule has 0 atom stereocenters. The third kappa shape index (κ3) is 3.13. The summed E-state index contributed by atoms with van der Waals surface area (Å²) >= 11 is 0. The summed E-state index contributed by atoms with van der Waals surface area (Å²) in [6.45, 7) is 7.25. The van der Waals surface area contributed by atoms with Crippen molar-refractivity contribution in [2.45, 2.75) is 26.8 Å². The fourth-order valence-corrected chi connectivity index (χ4v) is 5.09. The van der Waals surface area contributed by atoms with Crippen molar-refractivity contribution < 1.29 is 33.0 Å². The molecule has 0 bridgehead atoms. The summed E-state index contributed by atoms with van der Waals surface area (Å²) in [7, 11) is 0. The molecule has 0 radical (unpaired) electrons. The Hall–Kier alpha value is -2.80. The average molecular weight is 535 g/mol. The number of aromatic nitrogens is 1. The van der Waals surface area contributed by atoms with Gasteiger partial charge in [0.25, 0.3) is 5.52 Å². The maximum atomic E-state index is 6.15. The molecule has 0 fully saturated rings. The van der Waals surface area contributed by atoms with Crippen LogP contribution >= 0.6 is 0 Å². The number of anilines is 2. The lowest BCUT2D eigenvalue weighted by Gasteiger charge is -2.20. The number of hydrogen-bond donors (Lipinski definition) is 0. The van der Waals surface area contributed by atoms with Gasteiger partial charge in [0.1, 0.15) is 12.4 Å². The molecular weight excluding hydrogens is 509 g/mol. The molecule has 0 spiro atoms. The van der Waals surface area contributed by atoms with Crippen molar-refractivity contribution in [2.75, 3.05) is 22.9 Å². The number of para-hydroxylation sites is 2. The van der Waals surface area contributed by atoms with Crippen LogP contribution in [0.25, 0.3) is 27.9 Å². The Morgan fingerprint density at radius 2 is 1.66 bits per heavy atom. The maximum Gasteiger partial charge on any atom is 0.374 e. The van der Waals surface area contributed by atoms with Gasteiger partial charge in [-0.3, -0.25) is 0 Å². The predicted molar refractivity (Wildman–Crippen MR) is 127 cm³/mol. The lowest BCUT2D eigenvalue weighted by atomic mass is 10.1. The van der Waals surface area contributed by atoms with Crippen molar-refractivity contribution in [3.63, 3.8) is 0 Å². The average Bonchev–Trinajstić information content (AvgIpc) is 3.46. The minimum Gasteiger partial charge on any atom is -1.00 e. The van der Waals surface area contributed by atoms with E-state index in [-0.39, 0.29) is 24.0 Å². The molecule has 4 aromatic rings. The molecule has 0 aliphatic carbocycles. The summed E-state index contributed by atoms with van der Waals surface area (Å²) in [6, 6.07) is 21.6. The van der Waals surface area contributed by atoms with Gasteiger partial charge in [0.2, 0.25) is 5.58 Å². The van der Waals surface area contributed by atoms with E-state index in [0.717, 1.165) is 43.0 Å². The van der Waals surface area contributed by atoms with Gasteiger partial charge in [0.05, 0.1) is 17.5 Å². The molecular formula is C27H26IN3O. The van der Waals surface area contributed by atoms with E-state index < -0.39 is 0 Å². The van der Waals surface area contributed by atoms with Crippen LogP contribution in [0.5, 0.6) is 0 Å². The SMILES string of the molecule is CCN1C2=C(C=Cc3oc4ccccc4[n+]3CC)CCN2c2cc3ccccc3cc21.[I-]. The fourth-order valence-electron chi connectivity index (χ4n) is 5.09. The normalized spacial score (nSPS) is 15.2. The predicted octanol–water partition coefficient (Wildman–Crippen LogP) is 2.87. The van der Waals surface area contributed by atoms with E-state index >= 15 is 0 Å². The van der Waals surface area contributed by atoms with Gasteiger partial charge in [-0.25, -0.2) is 0 Å². The Labute approximate surface area is 205 Å².